The minimum Gasteiger partial charge on any atom is -0.292 e. The summed E-state index contributed by atoms with van der Waals surface area (Å²) in [4.78, 5) is 15.7. The molecule has 1 heterocycles. The quantitative estimate of drug-likeness (QED) is 0.782. The van der Waals surface area contributed by atoms with Gasteiger partial charge in [-0.1, -0.05) is 17.7 Å². The molecule has 0 saturated carbocycles. The van der Waals surface area contributed by atoms with Crippen LogP contribution < -0.4 is 0 Å². The predicted molar refractivity (Wildman–Crippen MR) is 63.7 cm³/mol. The Labute approximate surface area is 103 Å². The molecule has 86 valence electrons. The van der Waals surface area contributed by atoms with Crippen molar-refractivity contribution in [1.29, 1.82) is 0 Å². The molecule has 17 heavy (non-hydrogen) atoms. The van der Waals surface area contributed by atoms with Gasteiger partial charge in [-0.3, -0.25) is 9.78 Å². The second-order valence-electron chi connectivity index (χ2n) is 3.55. The fourth-order valence-electron chi connectivity index (χ4n) is 1.47. The van der Waals surface area contributed by atoms with Gasteiger partial charge in [-0.15, -0.1) is 0 Å². The van der Waals surface area contributed by atoms with Gasteiger partial charge >= 0.3 is 0 Å². The van der Waals surface area contributed by atoms with Gasteiger partial charge in [0, 0.05) is 17.6 Å². The Balaban J connectivity index is 2.22. The molecule has 2 rings (SSSR count). The number of hydrogen-bond donors (Lipinski definition) is 0. The minimum atomic E-state index is -0.432. The second-order valence-corrected chi connectivity index (χ2v) is 3.99. The molecule has 0 aliphatic rings. The third-order valence-electron chi connectivity index (χ3n) is 2.31. The largest absolute Gasteiger partial charge is 0.292 e. The Morgan fingerprint density at radius 3 is 2.82 bits per heavy atom. The highest BCUT2D eigenvalue weighted by molar-refractivity contribution is 6.30. The first-order valence-electron chi connectivity index (χ1n) is 5.05. The van der Waals surface area contributed by atoms with Crippen molar-refractivity contribution >= 4 is 17.4 Å². The average Bonchev–Trinajstić information content (AvgIpc) is 2.35. The van der Waals surface area contributed by atoms with Gasteiger partial charge in [0.15, 0.2) is 5.78 Å². The standard InChI is InChI=1S/C13H9ClFNO/c14-10-4-5-11(15)9(7-10)8-13(17)12-3-1-2-6-16-12/h1-7H,8H2. The van der Waals surface area contributed by atoms with E-state index in [-0.39, 0.29) is 17.8 Å². The highest BCUT2D eigenvalue weighted by Crippen LogP contribution is 2.16. The molecule has 2 nitrogen and oxygen atoms in total. The molecule has 0 radical (unpaired) electrons. The number of rotatable bonds is 3. The molecule has 0 amide bonds. The number of Topliss-reactive ketones (excluding diaryl/α,β-unsaturated/α-hetero) is 1. The summed E-state index contributed by atoms with van der Waals surface area (Å²) in [6, 6.07) is 9.20. The number of ketones is 1. The Kier molecular flexibility index (Phi) is 3.49. The number of carbonyl (C=O) groups excluding carboxylic acids is 1. The Morgan fingerprint density at radius 2 is 2.12 bits per heavy atom. The molecule has 1 aromatic carbocycles. The highest BCUT2D eigenvalue weighted by Gasteiger charge is 2.11. The zero-order valence-corrected chi connectivity index (χ0v) is 9.62. The predicted octanol–water partition coefficient (Wildman–Crippen LogP) is 3.30. The molecule has 0 fully saturated rings. The monoisotopic (exact) mass is 249 g/mol. The van der Waals surface area contributed by atoms with Crippen LogP contribution in [-0.4, -0.2) is 10.8 Å². The van der Waals surface area contributed by atoms with Crippen LogP contribution in [0.15, 0.2) is 42.6 Å². The summed E-state index contributed by atoms with van der Waals surface area (Å²) in [5.74, 6) is -0.662. The minimum absolute atomic E-state index is 0.0383. The maximum Gasteiger partial charge on any atom is 0.185 e. The molecule has 4 heteroatoms. The molecule has 0 unspecified atom stereocenters. The van der Waals surface area contributed by atoms with Gasteiger partial charge in [-0.25, -0.2) is 4.39 Å². The number of nitrogens with zero attached hydrogens (tertiary/aromatic N) is 1. The summed E-state index contributed by atoms with van der Waals surface area (Å²) >= 11 is 5.75. The number of pyridine rings is 1. The van der Waals surface area contributed by atoms with Crippen molar-refractivity contribution in [2.45, 2.75) is 6.42 Å². The van der Waals surface area contributed by atoms with E-state index in [1.165, 1.54) is 24.4 Å². The summed E-state index contributed by atoms with van der Waals surface area (Å²) in [5, 5.41) is 0.412. The van der Waals surface area contributed by atoms with Gasteiger partial charge in [-0.05, 0) is 35.9 Å². The lowest BCUT2D eigenvalue weighted by Gasteiger charge is -2.03. The van der Waals surface area contributed by atoms with E-state index in [4.69, 9.17) is 11.6 Å². The molecule has 0 spiro atoms. The summed E-state index contributed by atoms with van der Waals surface area (Å²) in [5.41, 5.74) is 0.611. The van der Waals surface area contributed by atoms with Crippen LogP contribution in [0.5, 0.6) is 0 Å². The zero-order chi connectivity index (χ0) is 12.3. The van der Waals surface area contributed by atoms with E-state index in [1.54, 1.807) is 18.2 Å². The van der Waals surface area contributed by atoms with Crippen LogP contribution in [0.3, 0.4) is 0 Å². The molecular weight excluding hydrogens is 241 g/mol. The molecule has 0 saturated heterocycles. The fraction of sp³-hybridized carbons (Fsp3) is 0.0769. The van der Waals surface area contributed by atoms with E-state index in [0.29, 0.717) is 10.7 Å². The molecule has 0 N–H and O–H groups in total. The van der Waals surface area contributed by atoms with Crippen LogP contribution in [-0.2, 0) is 6.42 Å². The van der Waals surface area contributed by atoms with Crippen LogP contribution >= 0.6 is 11.6 Å². The van der Waals surface area contributed by atoms with Crippen LogP contribution in [0.1, 0.15) is 16.1 Å². The summed E-state index contributed by atoms with van der Waals surface area (Å²) < 4.78 is 13.4. The van der Waals surface area contributed by atoms with Crippen LogP contribution in [0, 0.1) is 5.82 Å². The number of benzene rings is 1. The third-order valence-corrected chi connectivity index (χ3v) is 2.54. The maximum atomic E-state index is 13.4. The summed E-state index contributed by atoms with van der Waals surface area (Å²) in [6.45, 7) is 0. The van der Waals surface area contributed by atoms with Crippen molar-refractivity contribution in [2.75, 3.05) is 0 Å². The van der Waals surface area contributed by atoms with E-state index < -0.39 is 5.82 Å². The van der Waals surface area contributed by atoms with Gasteiger partial charge in [-0.2, -0.15) is 0 Å². The number of aromatic nitrogens is 1. The molecular formula is C13H9ClFNO. The van der Waals surface area contributed by atoms with Crippen molar-refractivity contribution in [2.24, 2.45) is 0 Å². The van der Waals surface area contributed by atoms with E-state index in [1.807, 2.05) is 0 Å². The summed E-state index contributed by atoms with van der Waals surface area (Å²) in [7, 11) is 0. The van der Waals surface area contributed by atoms with Gasteiger partial charge in [0.05, 0.1) is 0 Å². The third kappa shape index (κ3) is 2.88. The lowest BCUT2D eigenvalue weighted by atomic mass is 10.1. The van der Waals surface area contributed by atoms with Crippen molar-refractivity contribution < 1.29 is 9.18 Å². The molecule has 1 aromatic heterocycles. The lowest BCUT2D eigenvalue weighted by Crippen LogP contribution is -2.06. The Hall–Kier alpha value is -1.74. The van der Waals surface area contributed by atoms with Crippen LogP contribution in [0.25, 0.3) is 0 Å². The molecule has 0 atom stereocenters. The number of hydrogen-bond acceptors (Lipinski definition) is 2. The lowest BCUT2D eigenvalue weighted by molar-refractivity contribution is 0.0987. The Bertz CT molecular complexity index is 542. The first-order valence-corrected chi connectivity index (χ1v) is 5.43. The van der Waals surface area contributed by atoms with Crippen molar-refractivity contribution in [3.05, 3.63) is 64.7 Å². The summed E-state index contributed by atoms with van der Waals surface area (Å²) in [6.07, 6.45) is 1.49. The highest BCUT2D eigenvalue weighted by atomic mass is 35.5. The van der Waals surface area contributed by atoms with Gasteiger partial charge in [0.25, 0.3) is 0 Å². The molecule has 0 aliphatic heterocycles. The van der Waals surface area contributed by atoms with E-state index in [9.17, 15) is 9.18 Å². The van der Waals surface area contributed by atoms with Crippen LogP contribution in [0.2, 0.25) is 5.02 Å². The fourth-order valence-corrected chi connectivity index (χ4v) is 1.66. The maximum absolute atomic E-state index is 13.4. The van der Waals surface area contributed by atoms with Gasteiger partial charge in [0.2, 0.25) is 0 Å². The topological polar surface area (TPSA) is 30.0 Å². The Morgan fingerprint density at radius 1 is 1.29 bits per heavy atom. The zero-order valence-electron chi connectivity index (χ0n) is 8.86. The molecule has 0 bridgehead atoms. The van der Waals surface area contributed by atoms with Crippen molar-refractivity contribution in [3.8, 4) is 0 Å². The van der Waals surface area contributed by atoms with E-state index in [2.05, 4.69) is 4.98 Å². The average molecular weight is 250 g/mol. The first-order chi connectivity index (χ1) is 8.16. The first kappa shape index (κ1) is 11.7. The van der Waals surface area contributed by atoms with Crippen molar-refractivity contribution in [1.82, 2.24) is 4.98 Å². The van der Waals surface area contributed by atoms with E-state index >= 15 is 0 Å². The smallest absolute Gasteiger partial charge is 0.185 e. The van der Waals surface area contributed by atoms with Gasteiger partial charge in [0.1, 0.15) is 11.5 Å². The molecule has 0 aliphatic carbocycles. The number of halogens is 2. The van der Waals surface area contributed by atoms with Crippen molar-refractivity contribution in [3.63, 3.8) is 0 Å². The van der Waals surface area contributed by atoms with Gasteiger partial charge < -0.3 is 0 Å². The number of carbonyl (C=O) groups is 1. The normalized spacial score (nSPS) is 10.2. The van der Waals surface area contributed by atoms with E-state index in [0.717, 1.165) is 0 Å². The second kappa shape index (κ2) is 5.06. The molecule has 2 aromatic rings. The van der Waals surface area contributed by atoms with Crippen LogP contribution in [0.4, 0.5) is 4.39 Å². The SMILES string of the molecule is O=C(Cc1cc(Cl)ccc1F)c1ccccn1.